The number of hydrogen-bond donors (Lipinski definition) is 8. The molecule has 2 aliphatic heterocycles. The Hall–Kier alpha value is -0.810. The average molecular weight is 453 g/mol. The molecule has 0 radical (unpaired) electrons. The largest absolute Gasteiger partial charge is 0.392 e. The van der Waals surface area contributed by atoms with Crippen molar-refractivity contribution in [2.24, 2.45) is 17.2 Å². The quantitative estimate of drug-likeness (QED) is 0.161. The van der Waals surface area contributed by atoms with Crippen molar-refractivity contribution in [1.29, 1.82) is 0 Å². The van der Waals surface area contributed by atoms with Gasteiger partial charge >= 0.3 is 0 Å². The number of aliphatic hydroxyl groups is 5. The fourth-order valence-corrected chi connectivity index (χ4v) is 3.51. The number of rotatable bonds is 8. The third kappa shape index (κ3) is 5.76. The van der Waals surface area contributed by atoms with Crippen LogP contribution in [0.1, 0.15) is 20.8 Å². The number of carbonyl (C=O) groups is 1. The molecule has 2 saturated heterocycles. The summed E-state index contributed by atoms with van der Waals surface area (Å²) >= 11 is 0. The van der Waals surface area contributed by atoms with Gasteiger partial charge in [0, 0.05) is 0 Å². The number of nitrogens with two attached hydrogens (primary N) is 3. The van der Waals surface area contributed by atoms with Crippen LogP contribution in [0, 0.1) is 0 Å². The highest BCUT2D eigenvalue weighted by atomic mass is 16.8. The van der Waals surface area contributed by atoms with Gasteiger partial charge in [-0.05, 0) is 20.8 Å². The summed E-state index contributed by atoms with van der Waals surface area (Å²) in [5.74, 6) is 0. The molecule has 31 heavy (non-hydrogen) atoms. The van der Waals surface area contributed by atoms with Gasteiger partial charge in [-0.25, -0.2) is 0 Å². The van der Waals surface area contributed by atoms with Gasteiger partial charge in [-0.15, -0.1) is 0 Å². The molecule has 4 unspecified atom stereocenters. The normalized spacial score (nSPS) is 45.5. The summed E-state index contributed by atoms with van der Waals surface area (Å²) in [4.78, 5) is 11.1. The third-order valence-electron chi connectivity index (χ3n) is 5.80. The highest BCUT2D eigenvalue weighted by molar-refractivity contribution is 5.56. The Balaban J connectivity index is 2.27. The van der Waals surface area contributed by atoms with Crippen LogP contribution in [0.15, 0.2) is 0 Å². The monoisotopic (exact) mass is 453 g/mol. The minimum Gasteiger partial charge on any atom is -0.392 e. The molecule has 2 fully saturated rings. The van der Waals surface area contributed by atoms with Gasteiger partial charge in [0.15, 0.2) is 18.9 Å². The van der Waals surface area contributed by atoms with E-state index in [1.807, 2.05) is 0 Å². The van der Waals surface area contributed by atoms with E-state index in [1.165, 1.54) is 6.92 Å². The Kier molecular flexibility index (Phi) is 9.27. The van der Waals surface area contributed by atoms with Gasteiger partial charge in [0.1, 0.15) is 36.6 Å². The van der Waals surface area contributed by atoms with Crippen LogP contribution in [0.25, 0.3) is 0 Å². The van der Waals surface area contributed by atoms with Gasteiger partial charge in [-0.3, -0.25) is 0 Å². The summed E-state index contributed by atoms with van der Waals surface area (Å²) in [5, 5.41) is 50.9. The highest BCUT2D eigenvalue weighted by Gasteiger charge is 2.50. The molecule has 11 N–H and O–H groups in total. The standard InChI is InChI=1S/C18H35N3O10/c1-5(23)9(19)15(8(24)4-22)30-18-16(13(26)11(21)7(3)29-18)31-17-14(27)12(25)10(20)6(2)28-17/h4-18,23-27H,19-21H2,1-3H3/t5?,6-,7-,8?,9?,10-,11-,12+,13+,14+,15?,16+,17-,18-/m1/s1. The van der Waals surface area contributed by atoms with Gasteiger partial charge in [-0.2, -0.15) is 0 Å². The molecule has 2 heterocycles. The highest BCUT2D eigenvalue weighted by Crippen LogP contribution is 2.29. The van der Waals surface area contributed by atoms with Gasteiger partial charge in [0.25, 0.3) is 0 Å². The van der Waals surface area contributed by atoms with Gasteiger partial charge in [0.2, 0.25) is 0 Å². The van der Waals surface area contributed by atoms with E-state index in [0.717, 1.165) is 0 Å². The van der Waals surface area contributed by atoms with E-state index in [0.29, 0.717) is 0 Å². The average Bonchev–Trinajstić information content (AvgIpc) is 2.73. The summed E-state index contributed by atoms with van der Waals surface area (Å²) < 4.78 is 22.5. The Morgan fingerprint density at radius 1 is 0.935 bits per heavy atom. The molecular formula is C18H35N3O10. The molecule has 0 aromatic carbocycles. The van der Waals surface area contributed by atoms with E-state index in [-0.39, 0.29) is 6.29 Å². The van der Waals surface area contributed by atoms with Crippen LogP contribution in [0.3, 0.4) is 0 Å². The van der Waals surface area contributed by atoms with Crippen LogP contribution < -0.4 is 17.2 Å². The molecule has 13 heteroatoms. The molecule has 182 valence electrons. The van der Waals surface area contributed by atoms with Crippen molar-refractivity contribution >= 4 is 6.29 Å². The first-order valence-electron chi connectivity index (χ1n) is 10.1. The first-order valence-corrected chi connectivity index (χ1v) is 10.1. The van der Waals surface area contributed by atoms with Crippen LogP contribution in [0.5, 0.6) is 0 Å². The first kappa shape index (κ1) is 26.4. The fourth-order valence-electron chi connectivity index (χ4n) is 3.51. The molecular weight excluding hydrogens is 418 g/mol. The van der Waals surface area contributed by atoms with Crippen molar-refractivity contribution in [3.05, 3.63) is 0 Å². The van der Waals surface area contributed by atoms with E-state index in [1.54, 1.807) is 13.8 Å². The number of hydrogen-bond acceptors (Lipinski definition) is 13. The molecule has 0 spiro atoms. The second-order valence-corrected chi connectivity index (χ2v) is 8.19. The van der Waals surface area contributed by atoms with E-state index in [9.17, 15) is 30.3 Å². The zero-order chi connectivity index (χ0) is 23.6. The lowest BCUT2D eigenvalue weighted by Crippen LogP contribution is -2.67. The molecule has 2 rings (SSSR count). The van der Waals surface area contributed by atoms with Crippen LogP contribution in [-0.2, 0) is 23.7 Å². The Labute approximate surface area is 180 Å². The molecule has 13 nitrogen and oxygen atoms in total. The van der Waals surface area contributed by atoms with Crippen LogP contribution in [0.4, 0.5) is 0 Å². The lowest BCUT2D eigenvalue weighted by Gasteiger charge is -2.47. The fraction of sp³-hybridized carbons (Fsp3) is 0.944. The summed E-state index contributed by atoms with van der Waals surface area (Å²) in [6.45, 7) is 4.49. The van der Waals surface area contributed by atoms with E-state index in [4.69, 9.17) is 36.1 Å². The molecule has 0 aliphatic carbocycles. The van der Waals surface area contributed by atoms with Crippen molar-refractivity contribution in [2.75, 3.05) is 0 Å². The van der Waals surface area contributed by atoms with Crippen LogP contribution in [-0.4, -0.2) is 117 Å². The Morgan fingerprint density at radius 2 is 1.45 bits per heavy atom. The van der Waals surface area contributed by atoms with Crippen LogP contribution >= 0.6 is 0 Å². The molecule has 0 saturated carbocycles. The van der Waals surface area contributed by atoms with E-state index < -0.39 is 85.6 Å². The van der Waals surface area contributed by atoms with Gasteiger partial charge in [-0.1, -0.05) is 0 Å². The minimum atomic E-state index is -1.71. The number of ether oxygens (including phenoxy) is 4. The SMILES string of the molecule is CC(O)C(N)C(O[C@H]1O[C@H](C)[C@@H](N)[C@H](O)[C@@H]1O[C@H]1O[C@H](C)[C@@H](N)[C@H](O)[C@@H]1O)C(O)C=O. The Morgan fingerprint density at radius 3 is 1.97 bits per heavy atom. The van der Waals surface area contributed by atoms with Crippen molar-refractivity contribution in [2.45, 2.75) is 106 Å². The summed E-state index contributed by atoms with van der Waals surface area (Å²) in [6.07, 6.45) is -14.0. The predicted molar refractivity (Wildman–Crippen MR) is 104 cm³/mol. The lowest BCUT2D eigenvalue weighted by atomic mass is 9.95. The number of aldehydes is 1. The molecule has 14 atom stereocenters. The molecule has 0 aromatic heterocycles. The van der Waals surface area contributed by atoms with Crippen molar-refractivity contribution in [1.82, 2.24) is 0 Å². The second kappa shape index (κ2) is 10.9. The summed E-state index contributed by atoms with van der Waals surface area (Å²) in [5.41, 5.74) is 17.6. The first-order chi connectivity index (χ1) is 14.4. The predicted octanol–water partition coefficient (Wildman–Crippen LogP) is -4.75. The maximum absolute atomic E-state index is 11.1. The molecule has 0 aromatic rings. The third-order valence-corrected chi connectivity index (χ3v) is 5.80. The second-order valence-electron chi connectivity index (χ2n) is 8.19. The van der Waals surface area contributed by atoms with E-state index >= 15 is 0 Å². The summed E-state index contributed by atoms with van der Waals surface area (Å²) in [6, 6.07) is -2.98. The minimum absolute atomic E-state index is 0.185. The topological polar surface area (TPSA) is 233 Å². The van der Waals surface area contributed by atoms with Crippen LogP contribution in [0.2, 0.25) is 0 Å². The lowest BCUT2D eigenvalue weighted by molar-refractivity contribution is -0.352. The molecule has 0 amide bonds. The number of aliphatic hydroxyl groups excluding tert-OH is 5. The number of carbonyl (C=O) groups excluding carboxylic acids is 1. The molecule has 0 bridgehead atoms. The van der Waals surface area contributed by atoms with E-state index in [2.05, 4.69) is 0 Å². The molecule has 2 aliphatic rings. The smallest absolute Gasteiger partial charge is 0.187 e. The van der Waals surface area contributed by atoms with Gasteiger partial charge < -0.3 is 66.5 Å². The maximum Gasteiger partial charge on any atom is 0.187 e. The summed E-state index contributed by atoms with van der Waals surface area (Å²) in [7, 11) is 0. The maximum atomic E-state index is 11.1. The van der Waals surface area contributed by atoms with Crippen molar-refractivity contribution in [3.63, 3.8) is 0 Å². The van der Waals surface area contributed by atoms with Gasteiger partial charge in [0.05, 0.1) is 36.4 Å². The van der Waals surface area contributed by atoms with Crippen molar-refractivity contribution in [3.8, 4) is 0 Å². The zero-order valence-corrected chi connectivity index (χ0v) is 17.7. The zero-order valence-electron chi connectivity index (χ0n) is 17.7. The Bertz CT molecular complexity index is 587. The van der Waals surface area contributed by atoms with Crippen molar-refractivity contribution < 1.29 is 49.3 Å².